The van der Waals surface area contributed by atoms with Crippen LogP contribution < -0.4 is 5.32 Å². The Morgan fingerprint density at radius 2 is 2.00 bits per heavy atom. The van der Waals surface area contributed by atoms with Crippen molar-refractivity contribution in [2.75, 3.05) is 5.32 Å². The molecule has 2 aromatic rings. The van der Waals surface area contributed by atoms with E-state index >= 15 is 0 Å². The second-order valence-electron chi connectivity index (χ2n) is 3.36. The van der Waals surface area contributed by atoms with Crippen LogP contribution in [0.15, 0.2) is 29.2 Å². The first-order valence-corrected chi connectivity index (χ1v) is 7.01. The Morgan fingerprint density at radius 3 is 2.60 bits per heavy atom. The van der Waals surface area contributed by atoms with Gasteiger partial charge >= 0.3 is 5.51 Å². The lowest BCUT2D eigenvalue weighted by molar-refractivity contribution is -0.0328. The Morgan fingerprint density at radius 1 is 1.30 bits per heavy atom. The van der Waals surface area contributed by atoms with E-state index in [0.717, 1.165) is 11.3 Å². The summed E-state index contributed by atoms with van der Waals surface area (Å²) < 4.78 is 37.3. The van der Waals surface area contributed by atoms with Gasteiger partial charge in [0.2, 0.25) is 9.47 Å². The van der Waals surface area contributed by atoms with Crippen LogP contribution in [0.4, 0.5) is 18.9 Å². The van der Waals surface area contributed by atoms with Crippen molar-refractivity contribution in [2.24, 2.45) is 0 Å². The monoisotopic (exact) mass is 339 g/mol. The zero-order valence-corrected chi connectivity index (χ0v) is 11.8. The number of hydrogen-bond acceptors (Lipinski definition) is 5. The number of carbonyl (C=O) groups excluding carboxylic acids is 1. The van der Waals surface area contributed by atoms with Crippen LogP contribution in [0.5, 0.6) is 0 Å². The number of benzene rings is 1. The molecule has 1 aromatic carbocycles. The van der Waals surface area contributed by atoms with Crippen molar-refractivity contribution >= 4 is 46.3 Å². The van der Waals surface area contributed by atoms with E-state index < -0.39 is 11.4 Å². The third kappa shape index (κ3) is 4.09. The predicted octanol–water partition coefficient (Wildman–Crippen LogP) is 4.06. The number of aromatic nitrogens is 2. The molecule has 1 heterocycles. The Balaban J connectivity index is 2.19. The standard InChI is InChI=1S/C10H5ClF3N3OS2/c11-9-17-16-8(19-9)7(18)15-5-3-1-2-4-6(5)20-10(12,13)14/h1-4H,(H,15,18). The van der Waals surface area contributed by atoms with Crippen molar-refractivity contribution in [3.8, 4) is 0 Å². The van der Waals surface area contributed by atoms with Gasteiger partial charge in [0, 0.05) is 4.90 Å². The van der Waals surface area contributed by atoms with Crippen molar-refractivity contribution in [1.82, 2.24) is 10.2 Å². The number of nitrogens with zero attached hydrogens (tertiary/aromatic N) is 2. The average molecular weight is 340 g/mol. The number of halogens is 4. The molecule has 0 bridgehead atoms. The van der Waals surface area contributed by atoms with Crippen molar-refractivity contribution in [3.05, 3.63) is 33.7 Å². The van der Waals surface area contributed by atoms with E-state index in [0.29, 0.717) is 0 Å². The number of alkyl halides is 3. The van der Waals surface area contributed by atoms with Crippen LogP contribution in [-0.4, -0.2) is 21.6 Å². The largest absolute Gasteiger partial charge is 0.446 e. The summed E-state index contributed by atoms with van der Waals surface area (Å²) in [5.74, 6) is -0.662. The van der Waals surface area contributed by atoms with Gasteiger partial charge in [-0.25, -0.2) is 0 Å². The highest BCUT2D eigenvalue weighted by molar-refractivity contribution is 8.00. The lowest BCUT2D eigenvalue weighted by Crippen LogP contribution is -2.13. The number of anilines is 1. The second-order valence-corrected chi connectivity index (χ2v) is 6.02. The van der Waals surface area contributed by atoms with Gasteiger partial charge in [-0.2, -0.15) is 13.2 Å². The van der Waals surface area contributed by atoms with Gasteiger partial charge in [-0.05, 0) is 35.5 Å². The fourth-order valence-corrected chi connectivity index (χ4v) is 2.61. The summed E-state index contributed by atoms with van der Waals surface area (Å²) in [5.41, 5.74) is -4.39. The molecule has 0 saturated heterocycles. The number of nitrogens with one attached hydrogen (secondary N) is 1. The molecule has 0 saturated carbocycles. The first kappa shape index (κ1) is 15.1. The minimum atomic E-state index is -4.44. The number of para-hydroxylation sites is 1. The number of amides is 1. The molecule has 1 aromatic heterocycles. The first-order chi connectivity index (χ1) is 9.35. The fourth-order valence-electron chi connectivity index (χ4n) is 1.26. The van der Waals surface area contributed by atoms with E-state index in [-0.39, 0.29) is 31.8 Å². The zero-order valence-electron chi connectivity index (χ0n) is 9.44. The number of thioether (sulfide) groups is 1. The summed E-state index contributed by atoms with van der Waals surface area (Å²) in [6.45, 7) is 0. The minimum Gasteiger partial charge on any atom is -0.319 e. The Bertz CT molecular complexity index is 632. The normalized spacial score (nSPS) is 11.4. The first-order valence-electron chi connectivity index (χ1n) is 5.00. The summed E-state index contributed by atoms with van der Waals surface area (Å²) in [7, 11) is 0. The number of carbonyl (C=O) groups is 1. The van der Waals surface area contributed by atoms with Gasteiger partial charge < -0.3 is 5.32 Å². The quantitative estimate of drug-likeness (QED) is 0.857. The molecule has 0 fully saturated rings. The maximum absolute atomic E-state index is 12.4. The highest BCUT2D eigenvalue weighted by atomic mass is 35.5. The molecule has 106 valence electrons. The molecule has 0 aliphatic heterocycles. The molecule has 1 N–H and O–H groups in total. The molecule has 0 aliphatic rings. The van der Waals surface area contributed by atoms with Crippen molar-refractivity contribution in [1.29, 1.82) is 0 Å². The lowest BCUT2D eigenvalue weighted by atomic mass is 10.3. The third-order valence-corrected chi connectivity index (χ3v) is 3.78. The molecule has 1 amide bonds. The van der Waals surface area contributed by atoms with Crippen LogP contribution in [-0.2, 0) is 0 Å². The van der Waals surface area contributed by atoms with E-state index in [4.69, 9.17) is 11.6 Å². The van der Waals surface area contributed by atoms with Gasteiger partial charge in [0.25, 0.3) is 5.91 Å². The van der Waals surface area contributed by atoms with Crippen LogP contribution in [0.1, 0.15) is 9.80 Å². The summed E-state index contributed by atoms with van der Waals surface area (Å²) in [6, 6.07) is 5.60. The molecule has 0 radical (unpaired) electrons. The minimum absolute atomic E-state index is 0.0261. The van der Waals surface area contributed by atoms with E-state index in [1.807, 2.05) is 0 Å². The summed E-state index contributed by atoms with van der Waals surface area (Å²) in [5, 5.41) is 9.29. The Hall–Kier alpha value is -1.32. The molecular formula is C10H5ClF3N3OS2. The lowest BCUT2D eigenvalue weighted by Gasteiger charge is -2.11. The molecule has 20 heavy (non-hydrogen) atoms. The van der Waals surface area contributed by atoms with Crippen molar-refractivity contribution < 1.29 is 18.0 Å². The van der Waals surface area contributed by atoms with Crippen LogP contribution in [0.2, 0.25) is 4.47 Å². The highest BCUT2D eigenvalue weighted by Crippen LogP contribution is 2.40. The molecule has 0 aliphatic carbocycles. The van der Waals surface area contributed by atoms with Gasteiger partial charge in [-0.3, -0.25) is 4.79 Å². The average Bonchev–Trinajstić information content (AvgIpc) is 2.77. The fraction of sp³-hybridized carbons (Fsp3) is 0.100. The molecule has 0 unspecified atom stereocenters. The molecule has 0 atom stereocenters. The number of rotatable bonds is 3. The van der Waals surface area contributed by atoms with Crippen LogP contribution in [0.3, 0.4) is 0 Å². The predicted molar refractivity (Wildman–Crippen MR) is 71.2 cm³/mol. The zero-order chi connectivity index (χ0) is 14.8. The maximum Gasteiger partial charge on any atom is 0.446 e. The summed E-state index contributed by atoms with van der Waals surface area (Å²) in [4.78, 5) is 11.7. The van der Waals surface area contributed by atoms with Gasteiger partial charge in [0.1, 0.15) is 0 Å². The molecule has 10 heteroatoms. The van der Waals surface area contributed by atoms with E-state index in [9.17, 15) is 18.0 Å². The van der Waals surface area contributed by atoms with E-state index in [1.165, 1.54) is 24.3 Å². The third-order valence-electron chi connectivity index (χ3n) is 1.96. The van der Waals surface area contributed by atoms with Crippen LogP contribution in [0.25, 0.3) is 0 Å². The van der Waals surface area contributed by atoms with Gasteiger partial charge in [0.05, 0.1) is 5.69 Å². The summed E-state index contributed by atoms with van der Waals surface area (Å²) >= 11 is 6.07. The topological polar surface area (TPSA) is 54.9 Å². The second kappa shape index (κ2) is 5.98. The number of hydrogen-bond donors (Lipinski definition) is 1. The summed E-state index contributed by atoms with van der Waals surface area (Å²) in [6.07, 6.45) is 0. The van der Waals surface area contributed by atoms with Gasteiger partial charge in [0.15, 0.2) is 0 Å². The van der Waals surface area contributed by atoms with Crippen LogP contribution >= 0.6 is 34.7 Å². The Labute approximate surface area is 124 Å². The molecule has 0 spiro atoms. The maximum atomic E-state index is 12.4. The van der Waals surface area contributed by atoms with Gasteiger partial charge in [-0.1, -0.05) is 23.5 Å². The van der Waals surface area contributed by atoms with Crippen molar-refractivity contribution in [2.45, 2.75) is 10.4 Å². The van der Waals surface area contributed by atoms with Gasteiger partial charge in [-0.15, -0.1) is 10.2 Å². The molecule has 2 rings (SSSR count). The smallest absolute Gasteiger partial charge is 0.319 e. The van der Waals surface area contributed by atoms with E-state index in [2.05, 4.69) is 15.5 Å². The Kier molecular flexibility index (Phi) is 4.51. The van der Waals surface area contributed by atoms with Crippen LogP contribution in [0, 0.1) is 0 Å². The SMILES string of the molecule is O=C(Nc1ccccc1SC(F)(F)F)c1nnc(Cl)s1. The molecule has 4 nitrogen and oxygen atoms in total. The van der Waals surface area contributed by atoms with E-state index in [1.54, 1.807) is 0 Å². The van der Waals surface area contributed by atoms with Crippen molar-refractivity contribution in [3.63, 3.8) is 0 Å². The molecular weight excluding hydrogens is 335 g/mol. The highest BCUT2D eigenvalue weighted by Gasteiger charge is 2.30.